The number of anilines is 1. The predicted octanol–water partition coefficient (Wildman–Crippen LogP) is 3.16. The molecule has 5 rings (SSSR count). The largest absolute Gasteiger partial charge is 0.332 e. The number of hydrogen-bond donors (Lipinski definition) is 1. The molecule has 0 fully saturated rings. The molecule has 2 aromatic carbocycles. The van der Waals surface area contributed by atoms with Crippen molar-refractivity contribution in [3.05, 3.63) is 98.8 Å². The highest BCUT2D eigenvalue weighted by atomic mass is 32.1. The summed E-state index contributed by atoms with van der Waals surface area (Å²) >= 11 is 1.37. The maximum Gasteiger partial charge on any atom is 0.332 e. The molecule has 9 heteroatoms. The van der Waals surface area contributed by atoms with Gasteiger partial charge in [0.25, 0.3) is 5.56 Å². The van der Waals surface area contributed by atoms with Crippen LogP contribution in [0.5, 0.6) is 0 Å². The molecule has 1 N–H and O–H groups in total. The van der Waals surface area contributed by atoms with Crippen LogP contribution < -0.4 is 16.6 Å². The van der Waals surface area contributed by atoms with E-state index in [2.05, 4.69) is 15.3 Å². The minimum absolute atomic E-state index is 0.0872. The fraction of sp³-hybridized carbons (Fsp3) is 0.125. The fourth-order valence-electron chi connectivity index (χ4n) is 3.69. The smallest absolute Gasteiger partial charge is 0.300 e. The van der Waals surface area contributed by atoms with Gasteiger partial charge in [-0.05, 0) is 42.3 Å². The second-order valence-corrected chi connectivity index (χ2v) is 8.69. The van der Waals surface area contributed by atoms with Crippen LogP contribution in [0.4, 0.5) is 5.13 Å². The summed E-state index contributed by atoms with van der Waals surface area (Å²) in [7, 11) is 0. The van der Waals surface area contributed by atoms with Gasteiger partial charge in [0.2, 0.25) is 5.91 Å². The zero-order valence-corrected chi connectivity index (χ0v) is 18.5. The Hall–Kier alpha value is -4.11. The molecule has 0 spiro atoms. The van der Waals surface area contributed by atoms with Crippen molar-refractivity contribution in [2.45, 2.75) is 20.0 Å². The summed E-state index contributed by atoms with van der Waals surface area (Å²) in [5, 5.41) is 3.23. The second kappa shape index (κ2) is 8.44. The van der Waals surface area contributed by atoms with E-state index in [0.29, 0.717) is 10.6 Å². The number of nitrogens with zero attached hydrogens (tertiary/aromatic N) is 4. The Balaban J connectivity index is 1.51. The minimum atomic E-state index is -0.570. The SMILES string of the molecule is Cc1ccc2nc(NC(=O)Cn3c(=O)n(Cc4ccccc4)c(=O)c4ncccc43)sc2c1. The Bertz CT molecular complexity index is 1620. The normalized spacial score (nSPS) is 11.2. The van der Waals surface area contributed by atoms with Gasteiger partial charge in [-0.15, -0.1) is 0 Å². The van der Waals surface area contributed by atoms with Crippen LogP contribution in [0.15, 0.2) is 76.4 Å². The second-order valence-electron chi connectivity index (χ2n) is 7.66. The van der Waals surface area contributed by atoms with Gasteiger partial charge in [-0.3, -0.25) is 18.7 Å². The standard InChI is InChI=1S/C24H19N5O3S/c1-15-9-10-17-19(12-15)33-23(26-17)27-20(30)14-28-18-8-5-11-25-21(18)22(31)29(24(28)32)13-16-6-3-2-4-7-16/h2-12H,13-14H2,1H3,(H,26,27,30). The molecule has 33 heavy (non-hydrogen) atoms. The summed E-state index contributed by atoms with van der Waals surface area (Å²) in [5.41, 5.74) is 2.09. The van der Waals surface area contributed by atoms with Crippen LogP contribution in [0.25, 0.3) is 21.3 Å². The lowest BCUT2D eigenvalue weighted by Gasteiger charge is -2.13. The van der Waals surface area contributed by atoms with Crippen LogP contribution in [0, 0.1) is 6.92 Å². The number of aromatic nitrogens is 4. The number of hydrogen-bond acceptors (Lipinski definition) is 6. The van der Waals surface area contributed by atoms with Gasteiger partial charge in [-0.25, -0.2) is 14.8 Å². The number of amides is 1. The van der Waals surface area contributed by atoms with Crippen LogP contribution in [0.2, 0.25) is 0 Å². The molecule has 0 aliphatic rings. The van der Waals surface area contributed by atoms with Gasteiger partial charge in [0.15, 0.2) is 10.6 Å². The first kappa shape index (κ1) is 20.8. The first-order valence-electron chi connectivity index (χ1n) is 10.3. The Morgan fingerprint density at radius 2 is 1.85 bits per heavy atom. The monoisotopic (exact) mass is 457 g/mol. The van der Waals surface area contributed by atoms with Gasteiger partial charge in [-0.1, -0.05) is 47.7 Å². The molecule has 0 radical (unpaired) electrons. The third-order valence-electron chi connectivity index (χ3n) is 5.26. The van der Waals surface area contributed by atoms with Crippen molar-refractivity contribution in [3.63, 3.8) is 0 Å². The molecule has 1 amide bonds. The third kappa shape index (κ3) is 4.06. The number of nitrogens with one attached hydrogen (secondary N) is 1. The topological polar surface area (TPSA) is 98.9 Å². The summed E-state index contributed by atoms with van der Waals surface area (Å²) in [6.07, 6.45) is 1.49. The van der Waals surface area contributed by atoms with E-state index in [9.17, 15) is 14.4 Å². The van der Waals surface area contributed by atoms with Crippen molar-refractivity contribution >= 4 is 43.6 Å². The van der Waals surface area contributed by atoms with E-state index in [-0.39, 0.29) is 18.6 Å². The van der Waals surface area contributed by atoms with Gasteiger partial charge >= 0.3 is 5.69 Å². The average molecular weight is 458 g/mol. The Morgan fingerprint density at radius 3 is 2.67 bits per heavy atom. The summed E-state index contributed by atoms with van der Waals surface area (Å²) in [6.45, 7) is 1.81. The van der Waals surface area contributed by atoms with E-state index in [0.717, 1.165) is 25.9 Å². The van der Waals surface area contributed by atoms with Gasteiger partial charge in [0.05, 0.1) is 22.3 Å². The van der Waals surface area contributed by atoms with E-state index < -0.39 is 17.2 Å². The van der Waals surface area contributed by atoms with Gasteiger partial charge in [-0.2, -0.15) is 0 Å². The van der Waals surface area contributed by atoms with E-state index in [4.69, 9.17) is 0 Å². The minimum Gasteiger partial charge on any atom is -0.300 e. The Labute approximate surface area is 191 Å². The number of rotatable bonds is 5. The lowest BCUT2D eigenvalue weighted by Crippen LogP contribution is -2.42. The quantitative estimate of drug-likeness (QED) is 0.437. The van der Waals surface area contributed by atoms with E-state index in [1.165, 1.54) is 22.1 Å². The Morgan fingerprint density at radius 1 is 1.03 bits per heavy atom. The zero-order chi connectivity index (χ0) is 22.9. The molecule has 0 bridgehead atoms. The summed E-state index contributed by atoms with van der Waals surface area (Å²) in [4.78, 5) is 47.7. The molecular formula is C24H19N5O3S. The van der Waals surface area contributed by atoms with Gasteiger partial charge in [0, 0.05) is 6.20 Å². The zero-order valence-electron chi connectivity index (χ0n) is 17.7. The number of aryl methyl sites for hydroxylation is 1. The Kier molecular flexibility index (Phi) is 5.31. The molecule has 0 aliphatic heterocycles. The van der Waals surface area contributed by atoms with E-state index >= 15 is 0 Å². The van der Waals surface area contributed by atoms with Crippen molar-refractivity contribution < 1.29 is 4.79 Å². The molecule has 0 unspecified atom stereocenters. The summed E-state index contributed by atoms with van der Waals surface area (Å²) in [6, 6.07) is 18.3. The molecule has 5 aromatic rings. The molecule has 0 aliphatic carbocycles. The fourth-order valence-corrected chi connectivity index (χ4v) is 4.67. The lowest BCUT2D eigenvalue weighted by atomic mass is 10.2. The van der Waals surface area contributed by atoms with Crippen LogP contribution in [0.3, 0.4) is 0 Å². The van der Waals surface area contributed by atoms with Gasteiger partial charge in [0.1, 0.15) is 6.54 Å². The highest BCUT2D eigenvalue weighted by Gasteiger charge is 2.17. The molecule has 3 heterocycles. The van der Waals surface area contributed by atoms with Crippen molar-refractivity contribution in [2.24, 2.45) is 0 Å². The molecule has 0 atom stereocenters. The lowest BCUT2D eigenvalue weighted by molar-refractivity contribution is -0.116. The number of fused-ring (bicyclic) bond motifs is 2. The predicted molar refractivity (Wildman–Crippen MR) is 129 cm³/mol. The number of carbonyl (C=O) groups is 1. The van der Waals surface area contributed by atoms with Crippen LogP contribution in [-0.2, 0) is 17.9 Å². The van der Waals surface area contributed by atoms with Crippen LogP contribution in [-0.4, -0.2) is 25.0 Å². The molecule has 3 aromatic heterocycles. The molecule has 164 valence electrons. The van der Waals surface area contributed by atoms with Crippen molar-refractivity contribution in [1.29, 1.82) is 0 Å². The number of thiazole rings is 1. The molecular weight excluding hydrogens is 438 g/mol. The molecule has 0 saturated carbocycles. The number of benzene rings is 2. The van der Waals surface area contributed by atoms with Crippen LogP contribution in [0.1, 0.15) is 11.1 Å². The highest BCUT2D eigenvalue weighted by molar-refractivity contribution is 7.22. The maximum absolute atomic E-state index is 13.3. The maximum atomic E-state index is 13.3. The first-order chi connectivity index (χ1) is 16.0. The molecule has 8 nitrogen and oxygen atoms in total. The highest BCUT2D eigenvalue weighted by Crippen LogP contribution is 2.26. The van der Waals surface area contributed by atoms with E-state index in [1.807, 2.05) is 55.5 Å². The first-order valence-corrected chi connectivity index (χ1v) is 11.1. The number of carbonyl (C=O) groups excluding carboxylic acids is 1. The molecule has 0 saturated heterocycles. The average Bonchev–Trinajstić information content (AvgIpc) is 3.21. The van der Waals surface area contributed by atoms with E-state index in [1.54, 1.807) is 12.1 Å². The number of pyridine rings is 1. The van der Waals surface area contributed by atoms with Crippen molar-refractivity contribution in [3.8, 4) is 0 Å². The summed E-state index contributed by atoms with van der Waals surface area (Å²) < 4.78 is 3.35. The summed E-state index contributed by atoms with van der Waals surface area (Å²) in [5.74, 6) is -0.414. The third-order valence-corrected chi connectivity index (χ3v) is 6.20. The van der Waals surface area contributed by atoms with Gasteiger partial charge < -0.3 is 5.32 Å². The van der Waals surface area contributed by atoms with Crippen LogP contribution >= 0.6 is 11.3 Å². The van der Waals surface area contributed by atoms with Crippen molar-refractivity contribution in [1.82, 2.24) is 19.1 Å². The van der Waals surface area contributed by atoms with Crippen molar-refractivity contribution in [2.75, 3.05) is 5.32 Å².